The molecule has 0 aliphatic heterocycles. The molecule has 3 saturated carbocycles. The fourth-order valence-electron chi connectivity index (χ4n) is 19.2. The van der Waals surface area contributed by atoms with E-state index >= 15 is 0 Å². The molecule has 0 amide bonds. The quantitative estimate of drug-likeness (QED) is 0.170. The van der Waals surface area contributed by atoms with Gasteiger partial charge < -0.3 is 4.90 Å². The van der Waals surface area contributed by atoms with Crippen molar-refractivity contribution < 1.29 is 0 Å². The highest BCUT2D eigenvalue weighted by atomic mass is 15.1. The van der Waals surface area contributed by atoms with Crippen molar-refractivity contribution in [3.63, 3.8) is 0 Å². The Balaban J connectivity index is 0.931. The Labute approximate surface area is 466 Å². The van der Waals surface area contributed by atoms with E-state index in [1.807, 2.05) is 0 Å². The van der Waals surface area contributed by atoms with Gasteiger partial charge in [0.05, 0.1) is 0 Å². The molecule has 6 bridgehead atoms. The summed E-state index contributed by atoms with van der Waals surface area (Å²) >= 11 is 0. The highest BCUT2D eigenvalue weighted by molar-refractivity contribution is 5.89. The van der Waals surface area contributed by atoms with Crippen molar-refractivity contribution in [2.24, 2.45) is 5.92 Å². The van der Waals surface area contributed by atoms with Gasteiger partial charge in [-0.05, 0) is 212 Å². The standard InChI is InChI=1S/C78H65N/c1-75(2)69-32-15-12-29-66(69)67-40-39-56(45-72(67)75)79(54-19-4-3-5-20-54)55-37-35-50(36-38-55)60-30-18-31-68-63-26-11-7-22-58(63)52-42-44-77(73(60)68)49-53-48-76(70-33-16-13-27-64(70)62-25-10-8-23-59(53)62)43-41-51-46-78(47-52,74(76)77)71-34-17-14-28-65(71)61-24-9-6-21-57(51)61/h3-40,45,51-53,74H,41-44,46-49H2,1-2H3. The third-order valence-electron chi connectivity index (χ3n) is 21.8. The van der Waals surface area contributed by atoms with Gasteiger partial charge in [0.25, 0.3) is 0 Å². The summed E-state index contributed by atoms with van der Waals surface area (Å²) in [6.07, 6.45) is 9.42. The molecule has 0 N–H and O–H groups in total. The van der Waals surface area contributed by atoms with Crippen LogP contribution in [0.25, 0.3) is 55.6 Å². The lowest BCUT2D eigenvalue weighted by Crippen LogP contribution is -2.60. The molecule has 1 heteroatoms. The van der Waals surface area contributed by atoms with Crippen LogP contribution in [0.3, 0.4) is 0 Å². The Morgan fingerprint density at radius 2 is 0.747 bits per heavy atom. The van der Waals surface area contributed by atoms with Gasteiger partial charge in [0, 0.05) is 38.7 Å². The predicted molar refractivity (Wildman–Crippen MR) is 327 cm³/mol. The van der Waals surface area contributed by atoms with E-state index in [1.54, 1.807) is 33.4 Å². The first kappa shape index (κ1) is 46.0. The molecule has 7 aliphatic rings. The molecular weight excluding hydrogens is 951 g/mol. The van der Waals surface area contributed by atoms with Crippen LogP contribution in [0.4, 0.5) is 17.1 Å². The van der Waals surface area contributed by atoms with Crippen molar-refractivity contribution >= 4 is 17.1 Å². The van der Waals surface area contributed by atoms with Crippen LogP contribution in [-0.2, 0) is 21.7 Å². The molecule has 1 nitrogen and oxygen atoms in total. The van der Waals surface area contributed by atoms with Crippen LogP contribution < -0.4 is 4.90 Å². The Kier molecular flexibility index (Phi) is 9.75. The summed E-state index contributed by atoms with van der Waals surface area (Å²) < 4.78 is 0. The molecule has 0 saturated heterocycles. The maximum Gasteiger partial charge on any atom is 0.0465 e. The van der Waals surface area contributed by atoms with E-state index in [0.717, 1.165) is 12.1 Å². The van der Waals surface area contributed by atoms with Crippen LogP contribution in [0.2, 0.25) is 0 Å². The van der Waals surface area contributed by atoms with E-state index in [-0.39, 0.29) is 21.7 Å². The number of anilines is 3. The molecule has 10 aromatic carbocycles. The summed E-state index contributed by atoms with van der Waals surface area (Å²) in [4.78, 5) is 2.48. The molecule has 3 spiro atoms. The predicted octanol–water partition coefficient (Wildman–Crippen LogP) is 20.3. The summed E-state index contributed by atoms with van der Waals surface area (Å²) in [5.74, 6) is 1.61. The molecule has 0 aromatic heterocycles. The fraction of sp³-hybridized carbons (Fsp3) is 0.231. The number of fused-ring (bicyclic) bond motifs is 19. The maximum atomic E-state index is 2.64. The molecule has 0 heterocycles. The first-order valence-corrected chi connectivity index (χ1v) is 29.7. The molecule has 17 rings (SSSR count). The normalized spacial score (nSPS) is 25.4. The van der Waals surface area contributed by atoms with Gasteiger partial charge >= 0.3 is 0 Å². The fourth-order valence-corrected chi connectivity index (χ4v) is 19.2. The molecule has 382 valence electrons. The lowest BCUT2D eigenvalue weighted by molar-refractivity contribution is 0.00315. The second-order valence-corrected chi connectivity index (χ2v) is 25.6. The minimum Gasteiger partial charge on any atom is -0.310 e. The Morgan fingerprint density at radius 1 is 0.316 bits per heavy atom. The lowest BCUT2D eigenvalue weighted by atomic mass is 9.39. The van der Waals surface area contributed by atoms with Crippen molar-refractivity contribution in [3.8, 4) is 55.6 Å². The topological polar surface area (TPSA) is 3.24 Å². The number of benzene rings is 10. The SMILES string of the molecule is CC1(C)c2ccccc2-c2ccc(N(c3ccccc3)c3ccc(-c4cccc5c4C46CCC(CC78CC(CCC9(CC(C4)c4ccccc4-c4ccccc49)C76)c4ccccc4-c4ccccc48)c4ccccc4-5)cc3)cc21. The van der Waals surface area contributed by atoms with Crippen molar-refractivity contribution in [2.45, 2.75) is 105 Å². The summed E-state index contributed by atoms with van der Waals surface area (Å²) in [5.41, 5.74) is 29.6. The van der Waals surface area contributed by atoms with Gasteiger partial charge in [0.2, 0.25) is 0 Å². The van der Waals surface area contributed by atoms with Crippen LogP contribution in [0.15, 0.2) is 237 Å². The Morgan fingerprint density at radius 3 is 1.39 bits per heavy atom. The second kappa shape index (κ2) is 16.8. The monoisotopic (exact) mass is 1020 g/mol. The summed E-state index contributed by atoms with van der Waals surface area (Å²) in [5, 5.41) is 0. The highest BCUT2D eigenvalue weighted by Gasteiger charge is 2.69. The number of nitrogens with zero attached hydrogens (tertiary/aromatic N) is 1. The van der Waals surface area contributed by atoms with Gasteiger partial charge in [-0.2, -0.15) is 0 Å². The molecule has 7 unspecified atom stereocenters. The van der Waals surface area contributed by atoms with Crippen LogP contribution in [0.1, 0.15) is 127 Å². The molecule has 3 fully saturated rings. The third-order valence-corrected chi connectivity index (χ3v) is 21.8. The molecule has 0 radical (unpaired) electrons. The number of para-hydroxylation sites is 1. The zero-order valence-corrected chi connectivity index (χ0v) is 45.4. The molecular formula is C78H65N. The first-order chi connectivity index (χ1) is 38.8. The van der Waals surface area contributed by atoms with E-state index in [4.69, 9.17) is 0 Å². The minimum absolute atomic E-state index is 0.0890. The highest BCUT2D eigenvalue weighted by Crippen LogP contribution is 2.77. The van der Waals surface area contributed by atoms with E-state index in [2.05, 4.69) is 255 Å². The maximum absolute atomic E-state index is 2.64. The van der Waals surface area contributed by atoms with Gasteiger partial charge in [0.1, 0.15) is 0 Å². The summed E-state index contributed by atoms with van der Waals surface area (Å²) in [7, 11) is 0. The third kappa shape index (κ3) is 6.28. The second-order valence-electron chi connectivity index (χ2n) is 25.6. The van der Waals surface area contributed by atoms with Crippen molar-refractivity contribution in [3.05, 3.63) is 281 Å². The zero-order valence-electron chi connectivity index (χ0n) is 45.4. The van der Waals surface area contributed by atoms with Crippen LogP contribution >= 0.6 is 0 Å². The van der Waals surface area contributed by atoms with E-state index < -0.39 is 0 Å². The molecule has 79 heavy (non-hydrogen) atoms. The van der Waals surface area contributed by atoms with E-state index in [9.17, 15) is 0 Å². The van der Waals surface area contributed by atoms with Gasteiger partial charge in [-0.3, -0.25) is 0 Å². The van der Waals surface area contributed by atoms with E-state index in [1.165, 1.54) is 123 Å². The van der Waals surface area contributed by atoms with Crippen LogP contribution in [0, 0.1) is 5.92 Å². The number of rotatable bonds is 4. The first-order valence-electron chi connectivity index (χ1n) is 29.7. The number of hydrogen-bond donors (Lipinski definition) is 0. The minimum atomic E-state index is -0.177. The Bertz CT molecular complexity index is 4120. The molecule has 7 atom stereocenters. The average Bonchev–Trinajstić information content (AvgIpc) is 2.11. The molecule has 7 aliphatic carbocycles. The summed E-state index contributed by atoms with van der Waals surface area (Å²) in [6, 6.07) is 93.4. The lowest BCUT2D eigenvalue weighted by Gasteiger charge is -2.63. The summed E-state index contributed by atoms with van der Waals surface area (Å²) in [6.45, 7) is 4.78. The van der Waals surface area contributed by atoms with Gasteiger partial charge in [0.15, 0.2) is 0 Å². The van der Waals surface area contributed by atoms with Gasteiger partial charge in [-0.1, -0.05) is 214 Å². The van der Waals surface area contributed by atoms with Crippen LogP contribution in [0.5, 0.6) is 0 Å². The smallest absolute Gasteiger partial charge is 0.0465 e. The Hall–Kier alpha value is -8.00. The number of hydrogen-bond acceptors (Lipinski definition) is 1. The average molecular weight is 1020 g/mol. The largest absolute Gasteiger partial charge is 0.310 e. The van der Waals surface area contributed by atoms with Crippen LogP contribution in [-0.4, -0.2) is 0 Å². The van der Waals surface area contributed by atoms with Gasteiger partial charge in [-0.25, -0.2) is 0 Å². The zero-order chi connectivity index (χ0) is 52.2. The van der Waals surface area contributed by atoms with Gasteiger partial charge in [-0.15, -0.1) is 0 Å². The molecule has 10 aromatic rings. The van der Waals surface area contributed by atoms with Crippen molar-refractivity contribution in [2.75, 3.05) is 4.90 Å². The van der Waals surface area contributed by atoms with Crippen molar-refractivity contribution in [1.29, 1.82) is 0 Å². The van der Waals surface area contributed by atoms with E-state index in [0.29, 0.717) is 23.7 Å². The van der Waals surface area contributed by atoms with Crippen molar-refractivity contribution in [1.82, 2.24) is 0 Å².